The average Bonchev–Trinajstić information content (AvgIpc) is 3.16. The van der Waals surface area contributed by atoms with Gasteiger partial charge >= 0.3 is 0 Å². The summed E-state index contributed by atoms with van der Waals surface area (Å²) in [4.78, 5) is 20.2. The van der Waals surface area contributed by atoms with E-state index in [-0.39, 0.29) is 11.8 Å². The predicted octanol–water partition coefficient (Wildman–Crippen LogP) is 3.11. The molecule has 1 aliphatic rings. The first-order chi connectivity index (χ1) is 12.3. The number of hydrogen-bond donors (Lipinski definition) is 2. The fraction of sp³-hybridized carbons (Fsp3) is 0.300. The molecule has 1 aromatic carbocycles. The van der Waals surface area contributed by atoms with Crippen molar-refractivity contribution in [1.82, 2.24) is 15.3 Å². The highest BCUT2D eigenvalue weighted by molar-refractivity contribution is 5.94. The van der Waals surface area contributed by atoms with Gasteiger partial charge in [-0.05, 0) is 36.6 Å². The minimum atomic E-state index is -0.0290. The Bertz CT molecular complexity index is 860. The first-order valence-corrected chi connectivity index (χ1v) is 8.66. The first-order valence-electron chi connectivity index (χ1n) is 8.66. The summed E-state index contributed by atoms with van der Waals surface area (Å²) in [7, 11) is 0. The van der Waals surface area contributed by atoms with Crippen molar-refractivity contribution in [3.63, 3.8) is 0 Å². The van der Waals surface area contributed by atoms with E-state index in [0.717, 1.165) is 29.6 Å². The Kier molecular flexibility index (Phi) is 4.48. The molecule has 25 heavy (non-hydrogen) atoms. The van der Waals surface area contributed by atoms with Gasteiger partial charge in [-0.3, -0.25) is 9.78 Å². The molecule has 0 bridgehead atoms. The Morgan fingerprint density at radius 1 is 1.24 bits per heavy atom. The molecule has 0 aliphatic carbocycles. The minimum Gasteiger partial charge on any atom is -0.381 e. The molecule has 2 aromatic heterocycles. The maximum absolute atomic E-state index is 12.3. The molecule has 128 valence electrons. The van der Waals surface area contributed by atoms with Crippen molar-refractivity contribution < 1.29 is 9.53 Å². The number of benzene rings is 1. The molecule has 2 N–H and O–H groups in total. The SMILES string of the molecule is O=C(NCC1CCOCC1c1nccc2[nH]ccc12)c1ccccc1. The Morgan fingerprint density at radius 2 is 2.12 bits per heavy atom. The number of hydrogen-bond acceptors (Lipinski definition) is 3. The van der Waals surface area contributed by atoms with Gasteiger partial charge in [0.2, 0.25) is 0 Å². The molecule has 1 amide bonds. The number of amides is 1. The molecule has 1 aliphatic heterocycles. The fourth-order valence-corrected chi connectivity index (χ4v) is 3.54. The van der Waals surface area contributed by atoms with E-state index < -0.39 is 0 Å². The second kappa shape index (κ2) is 7.07. The van der Waals surface area contributed by atoms with Crippen LogP contribution < -0.4 is 5.32 Å². The monoisotopic (exact) mass is 335 g/mol. The zero-order chi connectivity index (χ0) is 17.1. The van der Waals surface area contributed by atoms with Gasteiger partial charge in [-0.25, -0.2) is 0 Å². The lowest BCUT2D eigenvalue weighted by Gasteiger charge is -2.31. The van der Waals surface area contributed by atoms with Crippen LogP contribution in [0.1, 0.15) is 28.4 Å². The zero-order valence-corrected chi connectivity index (χ0v) is 13.9. The third-order valence-electron chi connectivity index (χ3n) is 4.92. The summed E-state index contributed by atoms with van der Waals surface area (Å²) >= 11 is 0. The summed E-state index contributed by atoms with van der Waals surface area (Å²) in [5.74, 6) is 0.470. The number of carbonyl (C=O) groups is 1. The summed E-state index contributed by atoms with van der Waals surface area (Å²) in [5, 5.41) is 4.22. The van der Waals surface area contributed by atoms with Crippen LogP contribution in [0.3, 0.4) is 0 Å². The molecular weight excluding hydrogens is 314 g/mol. The van der Waals surface area contributed by atoms with Crippen molar-refractivity contribution in [2.24, 2.45) is 5.92 Å². The van der Waals surface area contributed by atoms with E-state index in [1.54, 1.807) is 0 Å². The van der Waals surface area contributed by atoms with E-state index in [0.29, 0.717) is 24.6 Å². The lowest BCUT2D eigenvalue weighted by atomic mass is 9.84. The van der Waals surface area contributed by atoms with Gasteiger partial charge < -0.3 is 15.0 Å². The Labute approximate surface area is 146 Å². The average molecular weight is 335 g/mol. The second-order valence-corrected chi connectivity index (χ2v) is 6.44. The summed E-state index contributed by atoms with van der Waals surface area (Å²) in [6.07, 6.45) is 4.69. The van der Waals surface area contributed by atoms with Gasteiger partial charge in [0.1, 0.15) is 0 Å². The van der Waals surface area contributed by atoms with Crippen LogP contribution in [0.25, 0.3) is 10.9 Å². The van der Waals surface area contributed by atoms with Crippen LogP contribution >= 0.6 is 0 Å². The summed E-state index contributed by atoms with van der Waals surface area (Å²) < 4.78 is 5.72. The van der Waals surface area contributed by atoms with Crippen molar-refractivity contribution >= 4 is 16.8 Å². The van der Waals surface area contributed by atoms with E-state index in [1.807, 2.05) is 48.8 Å². The van der Waals surface area contributed by atoms with Crippen LogP contribution in [-0.2, 0) is 4.74 Å². The highest BCUT2D eigenvalue weighted by Gasteiger charge is 2.30. The zero-order valence-electron chi connectivity index (χ0n) is 13.9. The third-order valence-corrected chi connectivity index (χ3v) is 4.92. The highest BCUT2D eigenvalue weighted by Crippen LogP contribution is 2.33. The molecule has 3 heterocycles. The molecule has 5 nitrogen and oxygen atoms in total. The highest BCUT2D eigenvalue weighted by atomic mass is 16.5. The van der Waals surface area contributed by atoms with Gasteiger partial charge in [0.15, 0.2) is 0 Å². The van der Waals surface area contributed by atoms with Crippen LogP contribution in [0.5, 0.6) is 0 Å². The Hall–Kier alpha value is -2.66. The Balaban J connectivity index is 1.52. The fourth-order valence-electron chi connectivity index (χ4n) is 3.54. The van der Waals surface area contributed by atoms with Gasteiger partial charge in [-0.1, -0.05) is 18.2 Å². The van der Waals surface area contributed by atoms with Crippen LogP contribution in [-0.4, -0.2) is 35.6 Å². The number of pyridine rings is 1. The lowest BCUT2D eigenvalue weighted by molar-refractivity contribution is 0.0452. The van der Waals surface area contributed by atoms with Gasteiger partial charge in [0.25, 0.3) is 5.91 Å². The number of rotatable bonds is 4. The summed E-state index contributed by atoms with van der Waals surface area (Å²) in [6, 6.07) is 13.4. The van der Waals surface area contributed by atoms with Gasteiger partial charge in [0.05, 0.1) is 12.3 Å². The quantitative estimate of drug-likeness (QED) is 0.770. The molecule has 2 unspecified atom stereocenters. The van der Waals surface area contributed by atoms with E-state index in [1.165, 1.54) is 0 Å². The first kappa shape index (κ1) is 15.8. The van der Waals surface area contributed by atoms with Crippen molar-refractivity contribution in [2.45, 2.75) is 12.3 Å². The predicted molar refractivity (Wildman–Crippen MR) is 96.5 cm³/mol. The minimum absolute atomic E-state index is 0.0290. The topological polar surface area (TPSA) is 67.0 Å². The lowest BCUT2D eigenvalue weighted by Crippen LogP contribution is -2.36. The van der Waals surface area contributed by atoms with Crippen molar-refractivity contribution in [3.05, 3.63) is 66.1 Å². The van der Waals surface area contributed by atoms with Gasteiger partial charge in [0, 0.05) is 47.9 Å². The van der Waals surface area contributed by atoms with Gasteiger partial charge in [-0.2, -0.15) is 0 Å². The molecule has 0 radical (unpaired) electrons. The maximum Gasteiger partial charge on any atom is 0.251 e. The largest absolute Gasteiger partial charge is 0.381 e. The normalized spacial score (nSPS) is 20.5. The van der Waals surface area contributed by atoms with E-state index in [2.05, 4.69) is 21.4 Å². The molecule has 0 spiro atoms. The Morgan fingerprint density at radius 3 is 3.00 bits per heavy atom. The van der Waals surface area contributed by atoms with Crippen LogP contribution in [0.2, 0.25) is 0 Å². The van der Waals surface area contributed by atoms with Crippen molar-refractivity contribution in [2.75, 3.05) is 19.8 Å². The number of ether oxygens (including phenoxy) is 1. The molecule has 4 rings (SSSR count). The number of nitrogens with zero attached hydrogens (tertiary/aromatic N) is 1. The van der Waals surface area contributed by atoms with E-state index in [9.17, 15) is 4.79 Å². The molecule has 1 saturated heterocycles. The summed E-state index contributed by atoms with van der Waals surface area (Å²) in [5.41, 5.74) is 2.83. The van der Waals surface area contributed by atoms with Crippen molar-refractivity contribution in [1.29, 1.82) is 0 Å². The standard InChI is InChI=1S/C20H21N3O2/c24-20(14-4-2-1-3-5-14)23-12-15-8-11-25-13-17(15)19-16-6-9-21-18(16)7-10-22-19/h1-7,9-10,15,17,21H,8,11-13H2,(H,23,24). The van der Waals surface area contributed by atoms with E-state index in [4.69, 9.17) is 4.74 Å². The molecule has 5 heteroatoms. The summed E-state index contributed by atoms with van der Waals surface area (Å²) in [6.45, 7) is 2.00. The third kappa shape index (κ3) is 3.28. The second-order valence-electron chi connectivity index (χ2n) is 6.44. The molecular formula is C20H21N3O2. The van der Waals surface area contributed by atoms with Crippen molar-refractivity contribution in [3.8, 4) is 0 Å². The number of H-pyrrole nitrogens is 1. The maximum atomic E-state index is 12.3. The number of nitrogens with one attached hydrogen (secondary N) is 2. The van der Waals surface area contributed by atoms with Crippen LogP contribution in [0.15, 0.2) is 54.9 Å². The number of aromatic nitrogens is 2. The molecule has 2 atom stereocenters. The van der Waals surface area contributed by atoms with E-state index >= 15 is 0 Å². The number of fused-ring (bicyclic) bond motifs is 1. The van der Waals surface area contributed by atoms with Crippen LogP contribution in [0.4, 0.5) is 0 Å². The number of aromatic amines is 1. The smallest absolute Gasteiger partial charge is 0.251 e. The van der Waals surface area contributed by atoms with Gasteiger partial charge in [-0.15, -0.1) is 0 Å². The molecule has 1 fully saturated rings. The van der Waals surface area contributed by atoms with Crippen LogP contribution in [0, 0.1) is 5.92 Å². The number of carbonyl (C=O) groups excluding carboxylic acids is 1. The molecule has 3 aromatic rings. The molecule has 0 saturated carbocycles.